The van der Waals surface area contributed by atoms with E-state index in [4.69, 9.17) is 11.6 Å². The molecule has 0 unspecified atom stereocenters. The van der Waals surface area contributed by atoms with E-state index in [0.717, 1.165) is 34.5 Å². The summed E-state index contributed by atoms with van der Waals surface area (Å²) in [5.41, 5.74) is 1.12. The number of amidine groups is 1. The molecule has 0 aromatic heterocycles. The number of aryl methyl sites for hydroxylation is 1. The lowest BCUT2D eigenvalue weighted by molar-refractivity contribution is -0.119. The van der Waals surface area contributed by atoms with Gasteiger partial charge in [0.15, 0.2) is 5.17 Å². The van der Waals surface area contributed by atoms with Gasteiger partial charge >= 0.3 is 0 Å². The fourth-order valence-electron chi connectivity index (χ4n) is 1.50. The summed E-state index contributed by atoms with van der Waals surface area (Å²) >= 11 is 7.38. The third-order valence-electron chi connectivity index (χ3n) is 2.39. The van der Waals surface area contributed by atoms with Crippen molar-refractivity contribution in [2.24, 2.45) is 4.99 Å². The van der Waals surface area contributed by atoms with E-state index in [9.17, 15) is 4.79 Å². The van der Waals surface area contributed by atoms with Crippen LogP contribution in [0.15, 0.2) is 29.3 Å². The largest absolute Gasteiger partial charge is 0.305 e. The first-order valence-electron chi connectivity index (χ1n) is 5.45. The molecule has 17 heavy (non-hydrogen) atoms. The first-order valence-corrected chi connectivity index (χ1v) is 6.82. The van der Waals surface area contributed by atoms with Crippen LogP contribution in [0.3, 0.4) is 0 Å². The lowest BCUT2D eigenvalue weighted by Gasteiger charge is -2.04. The smallest absolute Gasteiger partial charge is 0.226 e. The minimum Gasteiger partial charge on any atom is -0.305 e. The average molecular weight is 269 g/mol. The van der Waals surface area contributed by atoms with Crippen molar-refractivity contribution in [1.82, 2.24) is 5.32 Å². The highest BCUT2D eigenvalue weighted by atomic mass is 35.5. The van der Waals surface area contributed by atoms with Crippen LogP contribution in [-0.4, -0.2) is 23.4 Å². The summed E-state index contributed by atoms with van der Waals surface area (Å²) < 4.78 is 0. The van der Waals surface area contributed by atoms with E-state index in [0.29, 0.717) is 6.42 Å². The van der Waals surface area contributed by atoms with Gasteiger partial charge in [-0.2, -0.15) is 0 Å². The van der Waals surface area contributed by atoms with Crippen LogP contribution in [0.1, 0.15) is 12.0 Å². The normalized spacial score (nSPS) is 14.5. The van der Waals surface area contributed by atoms with Crippen LogP contribution in [0, 0.1) is 0 Å². The summed E-state index contributed by atoms with van der Waals surface area (Å²) in [6.07, 6.45) is 1.20. The van der Waals surface area contributed by atoms with Crippen molar-refractivity contribution in [2.75, 3.05) is 12.3 Å². The standard InChI is InChI=1S/C12H13ClN2OS/c13-10-4-1-9(2-5-10)3-6-11(16)15-12-14-7-8-17-12/h1-2,4-5H,3,6-8H2,(H,14,15,16). The van der Waals surface area contributed by atoms with Crippen LogP contribution >= 0.6 is 23.4 Å². The van der Waals surface area contributed by atoms with E-state index in [-0.39, 0.29) is 5.91 Å². The first kappa shape index (κ1) is 12.5. The van der Waals surface area contributed by atoms with Crippen LogP contribution in [-0.2, 0) is 11.2 Å². The monoisotopic (exact) mass is 268 g/mol. The molecule has 1 aliphatic rings. The number of halogens is 1. The third-order valence-corrected chi connectivity index (χ3v) is 3.53. The molecule has 3 nitrogen and oxygen atoms in total. The number of aliphatic imine (C=N–C) groups is 1. The van der Waals surface area contributed by atoms with E-state index < -0.39 is 0 Å². The lowest BCUT2D eigenvalue weighted by atomic mass is 10.1. The van der Waals surface area contributed by atoms with Crippen molar-refractivity contribution in [3.63, 3.8) is 0 Å². The maximum atomic E-state index is 11.6. The Morgan fingerprint density at radius 1 is 1.41 bits per heavy atom. The Bertz CT molecular complexity index is 431. The maximum Gasteiger partial charge on any atom is 0.226 e. The SMILES string of the molecule is O=C(CCc1ccc(Cl)cc1)NC1=NCCS1. The number of nitrogens with one attached hydrogen (secondary N) is 1. The number of nitrogens with zero attached hydrogens (tertiary/aromatic N) is 1. The third kappa shape index (κ3) is 4.06. The molecule has 1 aromatic rings. The maximum absolute atomic E-state index is 11.6. The van der Waals surface area contributed by atoms with Gasteiger partial charge in [-0.1, -0.05) is 35.5 Å². The molecule has 0 radical (unpaired) electrons. The van der Waals surface area contributed by atoms with Gasteiger partial charge in [-0.15, -0.1) is 0 Å². The van der Waals surface area contributed by atoms with Crippen LogP contribution in [0.2, 0.25) is 5.02 Å². The van der Waals surface area contributed by atoms with Crippen molar-refractivity contribution in [3.8, 4) is 0 Å². The molecule has 2 rings (SSSR count). The second-order valence-electron chi connectivity index (χ2n) is 3.71. The van der Waals surface area contributed by atoms with Crippen LogP contribution in [0.25, 0.3) is 0 Å². The number of carbonyl (C=O) groups excluding carboxylic acids is 1. The summed E-state index contributed by atoms with van der Waals surface area (Å²) in [5, 5.41) is 4.28. The van der Waals surface area contributed by atoms with Crippen molar-refractivity contribution in [1.29, 1.82) is 0 Å². The van der Waals surface area contributed by atoms with E-state index >= 15 is 0 Å². The Labute approximate surface area is 110 Å². The molecule has 1 aromatic carbocycles. The highest BCUT2D eigenvalue weighted by Gasteiger charge is 2.10. The second kappa shape index (κ2) is 6.07. The summed E-state index contributed by atoms with van der Waals surface area (Å²) in [5.74, 6) is 0.986. The zero-order valence-electron chi connectivity index (χ0n) is 9.28. The predicted molar refractivity (Wildman–Crippen MR) is 72.7 cm³/mol. The number of amides is 1. The molecule has 1 amide bonds. The summed E-state index contributed by atoms with van der Waals surface area (Å²) in [4.78, 5) is 15.8. The van der Waals surface area contributed by atoms with E-state index in [1.54, 1.807) is 11.8 Å². The fourth-order valence-corrected chi connectivity index (χ4v) is 2.37. The van der Waals surface area contributed by atoms with Gasteiger partial charge in [0.05, 0.1) is 6.54 Å². The van der Waals surface area contributed by atoms with E-state index in [1.165, 1.54) is 0 Å². The minimum atomic E-state index is 0.0214. The molecule has 0 spiro atoms. The van der Waals surface area contributed by atoms with Crippen molar-refractivity contribution >= 4 is 34.4 Å². The summed E-state index contributed by atoms with van der Waals surface area (Å²) in [7, 11) is 0. The number of hydrogen-bond donors (Lipinski definition) is 1. The van der Waals surface area contributed by atoms with Crippen molar-refractivity contribution in [2.45, 2.75) is 12.8 Å². The predicted octanol–water partition coefficient (Wildman–Crippen LogP) is 2.49. The molecule has 90 valence electrons. The Kier molecular flexibility index (Phi) is 4.45. The molecule has 1 heterocycles. The van der Waals surface area contributed by atoms with Crippen LogP contribution in [0.4, 0.5) is 0 Å². The zero-order valence-corrected chi connectivity index (χ0v) is 10.9. The molecular weight excluding hydrogens is 256 g/mol. The quantitative estimate of drug-likeness (QED) is 0.915. The second-order valence-corrected chi connectivity index (χ2v) is 5.23. The molecule has 1 N–H and O–H groups in total. The molecule has 0 fully saturated rings. The van der Waals surface area contributed by atoms with Gasteiger partial charge < -0.3 is 5.32 Å². The van der Waals surface area contributed by atoms with Gasteiger partial charge in [-0.25, -0.2) is 0 Å². The fraction of sp³-hybridized carbons (Fsp3) is 0.333. The minimum absolute atomic E-state index is 0.0214. The highest BCUT2D eigenvalue weighted by molar-refractivity contribution is 8.14. The Morgan fingerprint density at radius 2 is 2.18 bits per heavy atom. The molecule has 1 aliphatic heterocycles. The molecule has 5 heteroatoms. The van der Waals surface area contributed by atoms with E-state index in [2.05, 4.69) is 10.3 Å². The Balaban J connectivity index is 1.77. The van der Waals surface area contributed by atoms with Gasteiger partial charge in [0.25, 0.3) is 0 Å². The van der Waals surface area contributed by atoms with Gasteiger partial charge in [0.2, 0.25) is 5.91 Å². The zero-order chi connectivity index (χ0) is 12.1. The molecule has 0 saturated heterocycles. The van der Waals surface area contributed by atoms with Gasteiger partial charge in [-0.3, -0.25) is 9.79 Å². The van der Waals surface area contributed by atoms with Crippen molar-refractivity contribution < 1.29 is 4.79 Å². The van der Waals surface area contributed by atoms with Crippen molar-refractivity contribution in [3.05, 3.63) is 34.9 Å². The van der Waals surface area contributed by atoms with Crippen LogP contribution < -0.4 is 5.32 Å². The molecule has 0 atom stereocenters. The molecule has 0 aliphatic carbocycles. The van der Waals surface area contributed by atoms with Gasteiger partial charge in [0.1, 0.15) is 0 Å². The Hall–Kier alpha value is -1.000. The number of hydrogen-bond acceptors (Lipinski definition) is 3. The number of carbonyl (C=O) groups is 1. The van der Waals surface area contributed by atoms with E-state index in [1.807, 2.05) is 24.3 Å². The molecule has 0 bridgehead atoms. The first-order chi connectivity index (χ1) is 8.24. The topological polar surface area (TPSA) is 41.5 Å². The number of thioether (sulfide) groups is 1. The molecular formula is C12H13ClN2OS. The van der Waals surface area contributed by atoms with Crippen LogP contribution in [0.5, 0.6) is 0 Å². The highest BCUT2D eigenvalue weighted by Crippen LogP contribution is 2.12. The van der Waals surface area contributed by atoms with Gasteiger partial charge in [-0.05, 0) is 24.1 Å². The lowest BCUT2D eigenvalue weighted by Crippen LogP contribution is -2.27. The summed E-state index contributed by atoms with van der Waals surface area (Å²) in [6, 6.07) is 7.56. The summed E-state index contributed by atoms with van der Waals surface area (Å²) in [6.45, 7) is 0.803. The van der Waals surface area contributed by atoms with Gasteiger partial charge in [0, 0.05) is 17.2 Å². The Morgan fingerprint density at radius 3 is 2.82 bits per heavy atom. The molecule has 0 saturated carbocycles. The average Bonchev–Trinajstić information content (AvgIpc) is 2.81. The number of benzene rings is 1. The number of rotatable bonds is 3.